The van der Waals surface area contributed by atoms with Crippen molar-refractivity contribution in [1.29, 1.82) is 0 Å². The number of amides is 2. The van der Waals surface area contributed by atoms with E-state index in [0.717, 1.165) is 16.2 Å². The van der Waals surface area contributed by atoms with Gasteiger partial charge in [-0.15, -0.1) is 0 Å². The summed E-state index contributed by atoms with van der Waals surface area (Å²) in [7, 11) is -10.5. The van der Waals surface area contributed by atoms with Crippen LogP contribution in [-0.4, -0.2) is 83.9 Å². The van der Waals surface area contributed by atoms with Crippen LogP contribution in [0.2, 0.25) is 0 Å². The lowest BCUT2D eigenvalue weighted by molar-refractivity contribution is -0.146. The summed E-state index contributed by atoms with van der Waals surface area (Å²) in [5, 5.41) is 2.59. The predicted octanol–water partition coefficient (Wildman–Crippen LogP) is -0.314. The minimum Gasteiger partial charge on any atom is -0.324 e. The van der Waals surface area contributed by atoms with Crippen molar-refractivity contribution in [3.8, 4) is 0 Å². The second-order valence-corrected chi connectivity index (χ2v) is 13.6. The number of carbonyl (C=O) groups excluding carboxylic acids is 2. The topological polar surface area (TPSA) is 143 Å². The van der Waals surface area contributed by atoms with E-state index in [4.69, 9.17) is 0 Å². The van der Waals surface area contributed by atoms with Crippen molar-refractivity contribution in [2.45, 2.75) is 12.8 Å². The smallest absolute Gasteiger partial charge is 0.231 e. The number of carbonyl (C=O) groups is 2. The molecule has 2 unspecified atom stereocenters. The van der Waals surface area contributed by atoms with Crippen molar-refractivity contribution < 1.29 is 34.8 Å². The Kier molecular flexibility index (Phi) is 7.87. The summed E-state index contributed by atoms with van der Waals surface area (Å²) in [5.41, 5.74) is 0. The molecule has 0 aliphatic carbocycles. The summed E-state index contributed by atoms with van der Waals surface area (Å²) in [6.45, 7) is 6.64. The van der Waals surface area contributed by atoms with Crippen molar-refractivity contribution in [2.75, 3.05) is 37.0 Å². The molecule has 2 atom stereocenters. The van der Waals surface area contributed by atoms with Gasteiger partial charge in [0.15, 0.2) is 29.5 Å². The number of rotatable bonds is 9. The van der Waals surface area contributed by atoms with E-state index in [1.54, 1.807) is 0 Å². The van der Waals surface area contributed by atoms with E-state index in [-0.39, 0.29) is 50.0 Å². The van der Waals surface area contributed by atoms with Gasteiger partial charge in [-0.05, 0) is 12.3 Å². The Morgan fingerprint density at radius 1 is 1.00 bits per heavy atom. The summed E-state index contributed by atoms with van der Waals surface area (Å²) in [6, 6.07) is 0. The van der Waals surface area contributed by atoms with E-state index < -0.39 is 53.0 Å². The van der Waals surface area contributed by atoms with Crippen LogP contribution >= 0.6 is 0 Å². The molecule has 0 aromatic rings. The molecular weight excluding hydrogens is 468 g/mol. The molecule has 0 spiro atoms. The third kappa shape index (κ3) is 7.28. The molecule has 2 heterocycles. The molecule has 1 fully saturated rings. The maximum atomic E-state index is 12.9. The Balaban J connectivity index is 2.16. The molecule has 0 aromatic carbocycles. The standard InChI is InChI=1S/C18H26N2O8S3/c1-3-29(23,24)8-5-15-11-19(17(21)7-10-30(25,26)4-2)14-20(12-15)18(22)16-6-9-31(27,28)13-16/h3-4,6,9,15-16H,1-2,5,7-8,10-14H2. The van der Waals surface area contributed by atoms with Crippen molar-refractivity contribution in [3.05, 3.63) is 35.5 Å². The maximum absolute atomic E-state index is 12.9. The van der Waals surface area contributed by atoms with Crippen LogP contribution in [0.4, 0.5) is 0 Å². The monoisotopic (exact) mass is 494 g/mol. The van der Waals surface area contributed by atoms with Gasteiger partial charge in [-0.25, -0.2) is 25.3 Å². The minimum absolute atomic E-state index is 0.124. The van der Waals surface area contributed by atoms with Crippen LogP contribution in [0.25, 0.3) is 0 Å². The van der Waals surface area contributed by atoms with Gasteiger partial charge in [0.05, 0.1) is 29.8 Å². The first-order valence-corrected chi connectivity index (χ1v) is 14.6. The average molecular weight is 495 g/mol. The fraction of sp³-hybridized carbons (Fsp3) is 0.556. The van der Waals surface area contributed by atoms with Crippen LogP contribution in [-0.2, 0) is 39.1 Å². The second-order valence-electron chi connectivity index (χ2n) is 7.55. The molecule has 174 valence electrons. The molecule has 0 N–H and O–H groups in total. The number of hydrogen-bond donors (Lipinski definition) is 0. The quantitative estimate of drug-likeness (QED) is 0.424. The van der Waals surface area contributed by atoms with Crippen molar-refractivity contribution >= 4 is 41.3 Å². The van der Waals surface area contributed by atoms with E-state index in [0.29, 0.717) is 0 Å². The minimum atomic E-state index is -3.59. The summed E-state index contributed by atoms with van der Waals surface area (Å²) < 4.78 is 70.1. The fourth-order valence-electron chi connectivity index (χ4n) is 3.37. The van der Waals surface area contributed by atoms with Gasteiger partial charge in [0.2, 0.25) is 11.8 Å². The summed E-state index contributed by atoms with van der Waals surface area (Å²) in [6.07, 6.45) is 1.14. The van der Waals surface area contributed by atoms with Crippen LogP contribution in [0.3, 0.4) is 0 Å². The first-order valence-electron chi connectivity index (χ1n) is 9.45. The van der Waals surface area contributed by atoms with Crippen molar-refractivity contribution in [2.24, 2.45) is 11.8 Å². The Bertz CT molecular complexity index is 1090. The van der Waals surface area contributed by atoms with E-state index in [2.05, 4.69) is 13.2 Å². The van der Waals surface area contributed by atoms with E-state index in [1.807, 2.05) is 0 Å². The first kappa shape index (κ1) is 25.3. The normalized spacial score (nSPS) is 23.5. The molecule has 0 saturated carbocycles. The van der Waals surface area contributed by atoms with Crippen LogP contribution < -0.4 is 0 Å². The average Bonchev–Trinajstić information content (AvgIpc) is 3.09. The summed E-state index contributed by atoms with van der Waals surface area (Å²) in [4.78, 5) is 28.1. The van der Waals surface area contributed by atoms with Crippen LogP contribution in [0.5, 0.6) is 0 Å². The van der Waals surface area contributed by atoms with Crippen LogP contribution in [0.1, 0.15) is 12.8 Å². The molecule has 1 saturated heterocycles. The van der Waals surface area contributed by atoms with Gasteiger partial charge < -0.3 is 9.80 Å². The van der Waals surface area contributed by atoms with Crippen molar-refractivity contribution in [1.82, 2.24) is 9.80 Å². The van der Waals surface area contributed by atoms with Crippen molar-refractivity contribution in [3.63, 3.8) is 0 Å². The number of sulfone groups is 3. The zero-order chi connectivity index (χ0) is 23.4. The van der Waals surface area contributed by atoms with E-state index in [1.165, 1.54) is 15.9 Å². The van der Waals surface area contributed by atoms with Gasteiger partial charge in [0.25, 0.3) is 0 Å². The third-order valence-corrected chi connectivity index (χ3v) is 9.12. The summed E-state index contributed by atoms with van der Waals surface area (Å²) in [5.74, 6) is -3.25. The highest BCUT2D eigenvalue weighted by Gasteiger charge is 2.36. The van der Waals surface area contributed by atoms with Crippen LogP contribution in [0, 0.1) is 11.8 Å². The van der Waals surface area contributed by atoms with Crippen LogP contribution in [0.15, 0.2) is 35.5 Å². The Hall–Kier alpha value is -1.99. The highest BCUT2D eigenvalue weighted by Crippen LogP contribution is 2.23. The molecule has 0 bridgehead atoms. The second kappa shape index (κ2) is 9.65. The van der Waals surface area contributed by atoms with Gasteiger partial charge in [0.1, 0.15) is 0 Å². The highest BCUT2D eigenvalue weighted by atomic mass is 32.2. The SMILES string of the molecule is C=CS(=O)(=O)CCC(=O)N1CC(CCS(=O)(=O)C=C)CN(C(=O)C2C=CS(=O)(=O)C2)C1. The van der Waals surface area contributed by atoms with E-state index >= 15 is 0 Å². The molecule has 31 heavy (non-hydrogen) atoms. The molecule has 0 radical (unpaired) electrons. The molecule has 2 aliphatic rings. The molecule has 2 aliphatic heterocycles. The predicted molar refractivity (Wildman–Crippen MR) is 115 cm³/mol. The van der Waals surface area contributed by atoms with Gasteiger partial charge in [-0.3, -0.25) is 9.59 Å². The molecule has 10 nitrogen and oxygen atoms in total. The number of hydrogen-bond acceptors (Lipinski definition) is 8. The Labute approximate surface area is 183 Å². The lowest BCUT2D eigenvalue weighted by Crippen LogP contribution is -2.55. The Morgan fingerprint density at radius 3 is 2.13 bits per heavy atom. The zero-order valence-corrected chi connectivity index (χ0v) is 19.4. The lowest BCUT2D eigenvalue weighted by Gasteiger charge is -2.41. The maximum Gasteiger partial charge on any atom is 0.231 e. The third-order valence-electron chi connectivity index (χ3n) is 5.13. The molecule has 0 aromatic heterocycles. The van der Waals surface area contributed by atoms with Gasteiger partial charge in [-0.2, -0.15) is 0 Å². The first-order chi connectivity index (χ1) is 14.3. The zero-order valence-electron chi connectivity index (χ0n) is 16.9. The summed E-state index contributed by atoms with van der Waals surface area (Å²) >= 11 is 0. The lowest BCUT2D eigenvalue weighted by atomic mass is 10.0. The largest absolute Gasteiger partial charge is 0.324 e. The van der Waals surface area contributed by atoms with Gasteiger partial charge >= 0.3 is 0 Å². The number of nitrogens with zero attached hydrogens (tertiary/aromatic N) is 2. The highest BCUT2D eigenvalue weighted by molar-refractivity contribution is 7.94. The molecular formula is C18H26N2O8S3. The van der Waals surface area contributed by atoms with Gasteiger partial charge in [-0.1, -0.05) is 19.2 Å². The van der Waals surface area contributed by atoms with Gasteiger partial charge in [0, 0.05) is 35.7 Å². The fourth-order valence-corrected chi connectivity index (χ4v) is 6.12. The Morgan fingerprint density at radius 2 is 1.58 bits per heavy atom. The molecule has 2 rings (SSSR count). The molecule has 2 amide bonds. The molecule has 13 heteroatoms. The van der Waals surface area contributed by atoms with E-state index in [9.17, 15) is 34.8 Å².